The van der Waals surface area contributed by atoms with Crippen molar-refractivity contribution in [1.82, 2.24) is 5.32 Å². The predicted octanol–water partition coefficient (Wildman–Crippen LogP) is 1.98. The first-order chi connectivity index (χ1) is 7.13. The fourth-order valence-corrected chi connectivity index (χ4v) is 1.68. The van der Waals surface area contributed by atoms with Crippen molar-refractivity contribution in [3.05, 3.63) is 34.3 Å². The summed E-state index contributed by atoms with van der Waals surface area (Å²) >= 11 is 3.38. The molecule has 0 bridgehead atoms. The molecule has 1 aromatic rings. The summed E-state index contributed by atoms with van der Waals surface area (Å²) in [4.78, 5) is 10.7. The molecule has 0 saturated heterocycles. The van der Waals surface area contributed by atoms with Crippen molar-refractivity contribution in [2.45, 2.75) is 19.4 Å². The molecule has 0 aromatic heterocycles. The monoisotopic (exact) mass is 270 g/mol. The molecule has 0 unspecified atom stereocenters. The van der Waals surface area contributed by atoms with Crippen molar-refractivity contribution in [2.24, 2.45) is 5.73 Å². The first-order valence-corrected chi connectivity index (χ1v) is 5.70. The lowest BCUT2D eigenvalue weighted by Gasteiger charge is -2.16. The lowest BCUT2D eigenvalue weighted by Crippen LogP contribution is -2.31. The Morgan fingerprint density at radius 2 is 2.07 bits per heavy atom. The minimum absolute atomic E-state index is 0.186. The van der Waals surface area contributed by atoms with Gasteiger partial charge in [-0.15, -0.1) is 0 Å². The number of hydrogen-bond donors (Lipinski definition) is 2. The normalized spacial score (nSPS) is 12.4. The van der Waals surface area contributed by atoms with Gasteiger partial charge in [-0.1, -0.05) is 35.0 Å². The molecular formula is C11H15BrN2O. The van der Waals surface area contributed by atoms with E-state index in [0.29, 0.717) is 0 Å². The number of benzene rings is 1. The molecule has 3 N–H and O–H groups in total. The number of rotatable bonds is 5. The van der Waals surface area contributed by atoms with E-state index in [1.807, 2.05) is 24.3 Å². The maximum Gasteiger partial charge on any atom is 0.231 e. The Labute approximate surface area is 98.2 Å². The second-order valence-corrected chi connectivity index (χ2v) is 4.28. The largest absolute Gasteiger partial charge is 0.369 e. The van der Waals surface area contributed by atoms with E-state index in [1.165, 1.54) is 5.56 Å². The number of halogens is 1. The number of carbonyl (C=O) groups is 1. The van der Waals surface area contributed by atoms with Crippen LogP contribution >= 0.6 is 15.9 Å². The molecule has 1 aromatic carbocycles. The lowest BCUT2D eigenvalue weighted by molar-refractivity contribution is -0.117. The summed E-state index contributed by atoms with van der Waals surface area (Å²) in [5.41, 5.74) is 6.26. The highest BCUT2D eigenvalue weighted by atomic mass is 79.9. The zero-order valence-electron chi connectivity index (χ0n) is 8.66. The van der Waals surface area contributed by atoms with Crippen molar-refractivity contribution >= 4 is 21.8 Å². The van der Waals surface area contributed by atoms with Gasteiger partial charge in [0.25, 0.3) is 0 Å². The fraction of sp³-hybridized carbons (Fsp3) is 0.364. The maximum atomic E-state index is 10.7. The van der Waals surface area contributed by atoms with Gasteiger partial charge in [0.2, 0.25) is 5.91 Å². The molecule has 82 valence electrons. The van der Waals surface area contributed by atoms with Crippen LogP contribution in [0.5, 0.6) is 0 Å². The van der Waals surface area contributed by atoms with Crippen LogP contribution in [0.3, 0.4) is 0 Å². The summed E-state index contributed by atoms with van der Waals surface area (Å²) in [6, 6.07) is 8.23. The smallest absolute Gasteiger partial charge is 0.231 e. The van der Waals surface area contributed by atoms with Crippen LogP contribution in [0.2, 0.25) is 0 Å². The van der Waals surface area contributed by atoms with Crippen LogP contribution in [0.4, 0.5) is 0 Å². The van der Waals surface area contributed by atoms with E-state index in [2.05, 4.69) is 28.2 Å². The van der Waals surface area contributed by atoms with E-state index in [0.717, 1.165) is 10.9 Å². The van der Waals surface area contributed by atoms with Gasteiger partial charge in [-0.05, 0) is 24.1 Å². The molecule has 15 heavy (non-hydrogen) atoms. The minimum atomic E-state index is -0.328. The number of nitrogens with one attached hydrogen (secondary N) is 1. The molecule has 0 heterocycles. The Morgan fingerprint density at radius 3 is 2.53 bits per heavy atom. The molecule has 0 spiro atoms. The van der Waals surface area contributed by atoms with E-state index in [1.54, 1.807) is 0 Å². The zero-order chi connectivity index (χ0) is 11.3. The summed E-state index contributed by atoms with van der Waals surface area (Å²) < 4.78 is 1.05. The Hall–Kier alpha value is -0.870. The average Bonchev–Trinajstić information content (AvgIpc) is 2.21. The Morgan fingerprint density at radius 1 is 1.47 bits per heavy atom. The second-order valence-electron chi connectivity index (χ2n) is 3.36. The van der Waals surface area contributed by atoms with Crippen LogP contribution in [0, 0.1) is 0 Å². The molecule has 0 radical (unpaired) electrons. The van der Waals surface area contributed by atoms with Crippen LogP contribution in [0.1, 0.15) is 24.9 Å². The summed E-state index contributed by atoms with van der Waals surface area (Å²) in [7, 11) is 0. The Bertz CT molecular complexity index is 324. The molecule has 0 aliphatic carbocycles. The standard InChI is InChI=1S/C11H15BrN2O/c1-2-10(14-7-11(13)15)8-3-5-9(12)6-4-8/h3-6,10,14H,2,7H2,1H3,(H2,13,15)/t10-/m0/s1. The highest BCUT2D eigenvalue weighted by molar-refractivity contribution is 9.10. The maximum absolute atomic E-state index is 10.7. The number of nitrogens with two attached hydrogens (primary N) is 1. The first-order valence-electron chi connectivity index (χ1n) is 4.90. The molecular weight excluding hydrogens is 256 g/mol. The minimum Gasteiger partial charge on any atom is -0.369 e. The highest BCUT2D eigenvalue weighted by Gasteiger charge is 2.08. The molecule has 0 saturated carbocycles. The van der Waals surface area contributed by atoms with Gasteiger partial charge in [-0.3, -0.25) is 4.79 Å². The number of hydrogen-bond acceptors (Lipinski definition) is 2. The van der Waals surface area contributed by atoms with Gasteiger partial charge in [0.05, 0.1) is 6.54 Å². The van der Waals surface area contributed by atoms with Crippen LogP contribution in [-0.2, 0) is 4.79 Å². The van der Waals surface area contributed by atoms with Gasteiger partial charge in [-0.25, -0.2) is 0 Å². The van der Waals surface area contributed by atoms with Crippen molar-refractivity contribution in [2.75, 3.05) is 6.54 Å². The van der Waals surface area contributed by atoms with Gasteiger partial charge in [0, 0.05) is 10.5 Å². The van der Waals surface area contributed by atoms with Crippen molar-refractivity contribution < 1.29 is 4.79 Å². The van der Waals surface area contributed by atoms with Crippen LogP contribution in [0.15, 0.2) is 28.7 Å². The molecule has 0 fully saturated rings. The number of primary amides is 1. The quantitative estimate of drug-likeness (QED) is 0.860. The van der Waals surface area contributed by atoms with Gasteiger partial charge in [-0.2, -0.15) is 0 Å². The predicted molar refractivity (Wildman–Crippen MR) is 64.4 cm³/mol. The molecule has 4 heteroatoms. The molecule has 1 amide bonds. The lowest BCUT2D eigenvalue weighted by atomic mass is 10.0. The molecule has 1 rings (SSSR count). The van der Waals surface area contributed by atoms with Crippen LogP contribution < -0.4 is 11.1 Å². The van der Waals surface area contributed by atoms with Gasteiger partial charge >= 0.3 is 0 Å². The molecule has 3 nitrogen and oxygen atoms in total. The molecule has 0 aliphatic heterocycles. The average molecular weight is 271 g/mol. The fourth-order valence-electron chi connectivity index (χ4n) is 1.42. The van der Waals surface area contributed by atoms with E-state index in [9.17, 15) is 4.79 Å². The van der Waals surface area contributed by atoms with E-state index < -0.39 is 0 Å². The summed E-state index contributed by atoms with van der Waals surface area (Å²) in [6.45, 7) is 2.29. The van der Waals surface area contributed by atoms with Crippen LogP contribution in [0.25, 0.3) is 0 Å². The molecule has 1 atom stereocenters. The van der Waals surface area contributed by atoms with Gasteiger partial charge in [0.15, 0.2) is 0 Å². The van der Waals surface area contributed by atoms with Crippen molar-refractivity contribution in [1.29, 1.82) is 0 Å². The first kappa shape index (κ1) is 12.2. The highest BCUT2D eigenvalue weighted by Crippen LogP contribution is 2.18. The van der Waals surface area contributed by atoms with E-state index in [-0.39, 0.29) is 18.5 Å². The number of amides is 1. The third-order valence-electron chi connectivity index (χ3n) is 2.20. The van der Waals surface area contributed by atoms with Crippen molar-refractivity contribution in [3.63, 3.8) is 0 Å². The Kier molecular flexibility index (Phi) is 4.78. The summed E-state index contributed by atoms with van der Waals surface area (Å²) in [5, 5.41) is 3.11. The topological polar surface area (TPSA) is 55.1 Å². The summed E-state index contributed by atoms with van der Waals surface area (Å²) in [5.74, 6) is -0.328. The third-order valence-corrected chi connectivity index (χ3v) is 2.73. The van der Waals surface area contributed by atoms with Gasteiger partial charge in [0.1, 0.15) is 0 Å². The zero-order valence-corrected chi connectivity index (χ0v) is 10.3. The molecule has 0 aliphatic rings. The summed E-state index contributed by atoms with van der Waals surface area (Å²) in [6.07, 6.45) is 0.926. The van der Waals surface area contributed by atoms with Gasteiger partial charge < -0.3 is 11.1 Å². The Balaban J connectivity index is 2.65. The van der Waals surface area contributed by atoms with E-state index >= 15 is 0 Å². The van der Waals surface area contributed by atoms with E-state index in [4.69, 9.17) is 5.73 Å². The second kappa shape index (κ2) is 5.88. The van der Waals surface area contributed by atoms with Crippen molar-refractivity contribution in [3.8, 4) is 0 Å². The third kappa shape index (κ3) is 4.01. The SMILES string of the molecule is CC[C@H](NCC(N)=O)c1ccc(Br)cc1. The van der Waals surface area contributed by atoms with Crippen LogP contribution in [-0.4, -0.2) is 12.5 Å². The number of carbonyl (C=O) groups excluding carboxylic acids is 1.